The van der Waals surface area contributed by atoms with Crippen LogP contribution in [0, 0.1) is 13.8 Å². The largest absolute Gasteiger partial charge is 0.496 e. The van der Waals surface area contributed by atoms with Crippen molar-refractivity contribution in [2.24, 2.45) is 0 Å². The number of benzene rings is 2. The van der Waals surface area contributed by atoms with E-state index in [1.165, 1.54) is 0 Å². The van der Waals surface area contributed by atoms with Crippen molar-refractivity contribution in [2.45, 2.75) is 27.3 Å². The molecule has 0 unspecified atom stereocenters. The van der Waals surface area contributed by atoms with Gasteiger partial charge < -0.3 is 14.5 Å². The number of nitrogens with one attached hydrogen (secondary N) is 1. The van der Waals surface area contributed by atoms with Crippen LogP contribution in [-0.2, 0) is 11.3 Å². The minimum atomic E-state index is -0.130. The summed E-state index contributed by atoms with van der Waals surface area (Å²) in [6.07, 6.45) is 3.36. The number of hydrogen-bond acceptors (Lipinski definition) is 3. The van der Waals surface area contributed by atoms with E-state index in [2.05, 4.69) is 5.32 Å². The average molecular weight is 349 g/mol. The molecule has 1 heterocycles. The highest BCUT2D eigenvalue weighted by Crippen LogP contribution is 2.37. The smallest absolute Gasteiger partial charge is 0.244 e. The van der Waals surface area contributed by atoms with Gasteiger partial charge in [0.15, 0.2) is 0 Å². The first-order valence-corrected chi connectivity index (χ1v) is 8.57. The number of hydrogen-bond donors (Lipinski definition) is 1. The molecule has 0 bridgehead atoms. The molecule has 134 valence electrons. The van der Waals surface area contributed by atoms with Gasteiger partial charge in [-0.25, -0.2) is 0 Å². The van der Waals surface area contributed by atoms with Crippen LogP contribution in [0.25, 0.3) is 16.5 Å². The second kappa shape index (κ2) is 7.48. The van der Waals surface area contributed by atoms with Crippen LogP contribution in [0.3, 0.4) is 0 Å². The summed E-state index contributed by atoms with van der Waals surface area (Å²) in [5, 5.41) is 3.96. The second-order valence-corrected chi connectivity index (χ2v) is 6.41. The molecular weight excluding hydrogens is 326 g/mol. The van der Waals surface area contributed by atoms with Crippen LogP contribution in [0.2, 0.25) is 0 Å². The summed E-state index contributed by atoms with van der Waals surface area (Å²) in [6, 6.07) is 11.9. The van der Waals surface area contributed by atoms with Crippen LogP contribution in [0.5, 0.6) is 5.75 Å². The third-order valence-electron chi connectivity index (χ3n) is 4.52. The van der Waals surface area contributed by atoms with Crippen molar-refractivity contribution < 1.29 is 13.9 Å². The van der Waals surface area contributed by atoms with E-state index in [9.17, 15) is 4.79 Å². The highest BCUT2D eigenvalue weighted by molar-refractivity contribution is 5.98. The van der Waals surface area contributed by atoms with E-state index in [1.54, 1.807) is 19.4 Å². The Kier molecular flexibility index (Phi) is 5.12. The molecule has 0 aliphatic heterocycles. The first-order valence-electron chi connectivity index (χ1n) is 8.57. The van der Waals surface area contributed by atoms with E-state index >= 15 is 0 Å². The van der Waals surface area contributed by atoms with Gasteiger partial charge in [-0.3, -0.25) is 4.79 Å². The van der Waals surface area contributed by atoms with E-state index in [0.717, 1.165) is 44.5 Å². The monoisotopic (exact) mass is 349 g/mol. The fraction of sp³-hybridized carbons (Fsp3) is 0.227. The normalized spacial score (nSPS) is 11.6. The maximum absolute atomic E-state index is 12.3. The number of furan rings is 1. The van der Waals surface area contributed by atoms with Gasteiger partial charge in [0.1, 0.15) is 11.3 Å². The standard InChI is InChI=1S/C22H23NO3/c1-14(10-20(24)23-12-17-8-6-5-7-9-17)18-11-19-15(2)13-26-22(19)16(3)21(18)25-4/h5-11,13H,12H2,1-4H3,(H,23,24)/b14-10+. The molecule has 0 aliphatic rings. The predicted molar refractivity (Wildman–Crippen MR) is 104 cm³/mol. The number of fused-ring (bicyclic) bond motifs is 1. The molecule has 0 spiro atoms. The molecule has 1 N–H and O–H groups in total. The molecule has 4 heteroatoms. The number of allylic oxidation sites excluding steroid dienone is 1. The maximum Gasteiger partial charge on any atom is 0.244 e. The lowest BCUT2D eigenvalue weighted by Crippen LogP contribution is -2.20. The number of aryl methyl sites for hydroxylation is 2. The maximum atomic E-state index is 12.3. The Morgan fingerprint density at radius 1 is 1.23 bits per heavy atom. The second-order valence-electron chi connectivity index (χ2n) is 6.41. The number of amides is 1. The number of methoxy groups -OCH3 is 1. The van der Waals surface area contributed by atoms with E-state index in [-0.39, 0.29) is 5.91 Å². The lowest BCUT2D eigenvalue weighted by Gasteiger charge is -2.13. The number of rotatable bonds is 5. The molecule has 1 amide bonds. The van der Waals surface area contributed by atoms with Gasteiger partial charge in [-0.05, 0) is 43.5 Å². The van der Waals surface area contributed by atoms with Crippen LogP contribution in [0.15, 0.2) is 53.2 Å². The molecular formula is C22H23NO3. The molecule has 1 aromatic heterocycles. The van der Waals surface area contributed by atoms with Crippen LogP contribution in [-0.4, -0.2) is 13.0 Å². The van der Waals surface area contributed by atoms with Gasteiger partial charge in [0.25, 0.3) is 0 Å². The lowest BCUT2D eigenvalue weighted by molar-refractivity contribution is -0.116. The van der Waals surface area contributed by atoms with Gasteiger partial charge in [-0.1, -0.05) is 30.3 Å². The van der Waals surface area contributed by atoms with Crippen molar-refractivity contribution in [3.63, 3.8) is 0 Å². The van der Waals surface area contributed by atoms with E-state index in [1.807, 2.05) is 57.2 Å². The molecule has 2 aromatic carbocycles. The summed E-state index contributed by atoms with van der Waals surface area (Å²) in [6.45, 7) is 6.39. The van der Waals surface area contributed by atoms with Gasteiger partial charge in [-0.15, -0.1) is 0 Å². The van der Waals surface area contributed by atoms with Crippen molar-refractivity contribution in [1.29, 1.82) is 0 Å². The average Bonchev–Trinajstić information content (AvgIpc) is 3.02. The Hall–Kier alpha value is -3.01. The molecule has 0 atom stereocenters. The molecule has 0 fully saturated rings. The molecule has 0 radical (unpaired) electrons. The minimum Gasteiger partial charge on any atom is -0.496 e. The highest BCUT2D eigenvalue weighted by Gasteiger charge is 2.16. The van der Waals surface area contributed by atoms with Crippen molar-refractivity contribution in [1.82, 2.24) is 5.32 Å². The number of ether oxygens (including phenoxy) is 1. The zero-order valence-corrected chi connectivity index (χ0v) is 15.6. The summed E-state index contributed by atoms with van der Waals surface area (Å²) >= 11 is 0. The zero-order valence-electron chi connectivity index (χ0n) is 15.6. The molecule has 4 nitrogen and oxygen atoms in total. The fourth-order valence-corrected chi connectivity index (χ4v) is 3.10. The van der Waals surface area contributed by atoms with Gasteiger partial charge >= 0.3 is 0 Å². The van der Waals surface area contributed by atoms with Crippen molar-refractivity contribution in [3.8, 4) is 5.75 Å². The quantitative estimate of drug-likeness (QED) is 0.675. The van der Waals surface area contributed by atoms with Crippen LogP contribution >= 0.6 is 0 Å². The van der Waals surface area contributed by atoms with Gasteiger partial charge in [0.2, 0.25) is 5.91 Å². The summed E-state index contributed by atoms with van der Waals surface area (Å²) in [4.78, 5) is 12.3. The van der Waals surface area contributed by atoms with Crippen molar-refractivity contribution >= 4 is 22.4 Å². The molecule has 0 saturated heterocycles. The minimum absolute atomic E-state index is 0.130. The van der Waals surface area contributed by atoms with Crippen LogP contribution in [0.1, 0.15) is 29.2 Å². The van der Waals surface area contributed by atoms with Crippen LogP contribution in [0.4, 0.5) is 0 Å². The topological polar surface area (TPSA) is 51.5 Å². The van der Waals surface area contributed by atoms with Gasteiger partial charge in [-0.2, -0.15) is 0 Å². The Morgan fingerprint density at radius 2 is 1.96 bits per heavy atom. The molecule has 0 aliphatic carbocycles. The van der Waals surface area contributed by atoms with Crippen molar-refractivity contribution in [2.75, 3.05) is 7.11 Å². The molecule has 3 rings (SSSR count). The Bertz CT molecular complexity index is 968. The summed E-state index contributed by atoms with van der Waals surface area (Å²) in [5.74, 6) is 0.603. The van der Waals surface area contributed by atoms with Crippen LogP contribution < -0.4 is 10.1 Å². The molecule has 3 aromatic rings. The first-order chi connectivity index (χ1) is 12.5. The summed E-state index contributed by atoms with van der Waals surface area (Å²) in [7, 11) is 1.64. The summed E-state index contributed by atoms with van der Waals surface area (Å²) in [5.41, 5.74) is 5.63. The lowest BCUT2D eigenvalue weighted by atomic mass is 9.98. The van der Waals surface area contributed by atoms with Crippen molar-refractivity contribution in [3.05, 3.63) is 71.0 Å². The molecule has 0 saturated carbocycles. The van der Waals surface area contributed by atoms with Gasteiger partial charge in [0, 0.05) is 29.1 Å². The zero-order chi connectivity index (χ0) is 18.7. The Labute approximate surface area is 153 Å². The third-order valence-corrected chi connectivity index (χ3v) is 4.52. The fourth-order valence-electron chi connectivity index (χ4n) is 3.10. The predicted octanol–water partition coefficient (Wildman–Crippen LogP) is 4.78. The van der Waals surface area contributed by atoms with E-state index in [4.69, 9.17) is 9.15 Å². The first kappa shape index (κ1) is 17.8. The van der Waals surface area contributed by atoms with Gasteiger partial charge in [0.05, 0.1) is 13.4 Å². The Balaban J connectivity index is 1.88. The van der Waals surface area contributed by atoms with E-state index in [0.29, 0.717) is 6.54 Å². The SMILES string of the molecule is COc1c(/C(C)=C/C(=O)NCc2ccccc2)cc2c(C)coc2c1C. The number of carbonyl (C=O) groups excluding carboxylic acids is 1. The molecule has 26 heavy (non-hydrogen) atoms. The third kappa shape index (κ3) is 3.49. The number of carbonyl (C=O) groups is 1. The van der Waals surface area contributed by atoms with E-state index < -0.39 is 0 Å². The Morgan fingerprint density at radius 3 is 2.65 bits per heavy atom. The highest BCUT2D eigenvalue weighted by atomic mass is 16.5. The summed E-state index contributed by atoms with van der Waals surface area (Å²) < 4.78 is 11.2.